The SMILES string of the molecule is CC.CC.CC.CNC(C)CC(C)C. The fraction of sp³-hybridized carbons (Fsp3) is 1.00. The van der Waals surface area contributed by atoms with Crippen LogP contribution in [0.4, 0.5) is 0 Å². The molecule has 0 heterocycles. The zero-order chi connectivity index (χ0) is 12.6. The molecule has 0 amide bonds. The van der Waals surface area contributed by atoms with E-state index in [0.717, 1.165) is 5.92 Å². The molecule has 0 rings (SSSR count). The smallest absolute Gasteiger partial charge is 0.00381 e. The quantitative estimate of drug-likeness (QED) is 0.703. The zero-order valence-electron chi connectivity index (χ0n) is 12.4. The lowest BCUT2D eigenvalue weighted by Gasteiger charge is -2.11. The molecular formula is C13H35N. The molecule has 0 aromatic rings. The van der Waals surface area contributed by atoms with Crippen molar-refractivity contribution in [1.29, 1.82) is 0 Å². The lowest BCUT2D eigenvalue weighted by Crippen LogP contribution is -2.22. The summed E-state index contributed by atoms with van der Waals surface area (Å²) < 4.78 is 0. The topological polar surface area (TPSA) is 12.0 Å². The maximum absolute atomic E-state index is 3.20. The van der Waals surface area contributed by atoms with Crippen LogP contribution in [0.2, 0.25) is 0 Å². The molecule has 0 saturated carbocycles. The van der Waals surface area contributed by atoms with Gasteiger partial charge in [0, 0.05) is 6.04 Å². The minimum Gasteiger partial charge on any atom is -0.317 e. The summed E-state index contributed by atoms with van der Waals surface area (Å²) in [6.45, 7) is 18.7. The highest BCUT2D eigenvalue weighted by Crippen LogP contribution is 2.02. The van der Waals surface area contributed by atoms with Crippen molar-refractivity contribution in [2.45, 2.75) is 74.8 Å². The van der Waals surface area contributed by atoms with Gasteiger partial charge in [-0.15, -0.1) is 0 Å². The number of hydrogen-bond donors (Lipinski definition) is 1. The van der Waals surface area contributed by atoms with E-state index in [1.54, 1.807) is 0 Å². The summed E-state index contributed by atoms with van der Waals surface area (Å²) in [5.74, 6) is 0.817. The van der Waals surface area contributed by atoms with Gasteiger partial charge in [-0.3, -0.25) is 0 Å². The third-order valence-electron chi connectivity index (χ3n) is 1.32. The molecule has 1 N–H and O–H groups in total. The molecule has 0 aromatic carbocycles. The number of hydrogen-bond acceptors (Lipinski definition) is 1. The minimum absolute atomic E-state index is 0.676. The first-order chi connectivity index (χ1) is 6.66. The second kappa shape index (κ2) is 29.3. The Hall–Kier alpha value is -0.0400. The van der Waals surface area contributed by atoms with Crippen molar-refractivity contribution in [2.75, 3.05) is 7.05 Å². The molecule has 0 fully saturated rings. The Morgan fingerprint density at radius 1 is 0.786 bits per heavy atom. The van der Waals surface area contributed by atoms with Crippen LogP contribution in [-0.2, 0) is 0 Å². The molecule has 92 valence electrons. The predicted molar refractivity (Wildman–Crippen MR) is 72.0 cm³/mol. The molecule has 1 atom stereocenters. The molecule has 1 heteroatoms. The van der Waals surface area contributed by atoms with Gasteiger partial charge in [0.25, 0.3) is 0 Å². The molecule has 0 radical (unpaired) electrons. The first kappa shape index (κ1) is 23.6. The lowest BCUT2D eigenvalue weighted by atomic mass is 10.1. The van der Waals surface area contributed by atoms with Crippen molar-refractivity contribution in [3.05, 3.63) is 0 Å². The maximum Gasteiger partial charge on any atom is 0.00381 e. The fourth-order valence-corrected chi connectivity index (χ4v) is 0.825. The van der Waals surface area contributed by atoms with E-state index in [9.17, 15) is 0 Å². The van der Waals surface area contributed by atoms with Crippen LogP contribution >= 0.6 is 0 Å². The van der Waals surface area contributed by atoms with Gasteiger partial charge in [0.15, 0.2) is 0 Å². The minimum atomic E-state index is 0.676. The van der Waals surface area contributed by atoms with E-state index in [4.69, 9.17) is 0 Å². The molecule has 1 unspecified atom stereocenters. The monoisotopic (exact) mass is 205 g/mol. The van der Waals surface area contributed by atoms with Crippen LogP contribution < -0.4 is 5.32 Å². The summed E-state index contributed by atoms with van der Waals surface area (Å²) in [6, 6.07) is 0.676. The van der Waals surface area contributed by atoms with Gasteiger partial charge in [-0.25, -0.2) is 0 Å². The van der Waals surface area contributed by atoms with Crippen LogP contribution in [0.3, 0.4) is 0 Å². The Morgan fingerprint density at radius 3 is 1.14 bits per heavy atom. The zero-order valence-corrected chi connectivity index (χ0v) is 12.4. The van der Waals surface area contributed by atoms with Crippen LogP contribution in [0.1, 0.15) is 68.7 Å². The Balaban J connectivity index is -0.0000000708. The summed E-state index contributed by atoms with van der Waals surface area (Å²) >= 11 is 0. The summed E-state index contributed by atoms with van der Waals surface area (Å²) in [7, 11) is 2.01. The van der Waals surface area contributed by atoms with Crippen LogP contribution in [-0.4, -0.2) is 13.1 Å². The van der Waals surface area contributed by atoms with Gasteiger partial charge in [-0.1, -0.05) is 55.4 Å². The van der Waals surface area contributed by atoms with Crippen molar-refractivity contribution in [1.82, 2.24) is 5.32 Å². The third-order valence-corrected chi connectivity index (χ3v) is 1.32. The summed E-state index contributed by atoms with van der Waals surface area (Å²) in [4.78, 5) is 0. The van der Waals surface area contributed by atoms with E-state index in [1.807, 2.05) is 48.6 Å². The molecule has 0 aliphatic heterocycles. The highest BCUT2D eigenvalue weighted by Gasteiger charge is 1.99. The van der Waals surface area contributed by atoms with Crippen LogP contribution in [0, 0.1) is 5.92 Å². The molecule has 14 heavy (non-hydrogen) atoms. The average Bonchev–Trinajstić information content (AvgIpc) is 2.25. The van der Waals surface area contributed by atoms with Gasteiger partial charge in [-0.05, 0) is 26.3 Å². The lowest BCUT2D eigenvalue weighted by molar-refractivity contribution is 0.469. The molecule has 0 saturated heterocycles. The van der Waals surface area contributed by atoms with Gasteiger partial charge in [0.05, 0.1) is 0 Å². The second-order valence-electron chi connectivity index (χ2n) is 2.82. The standard InChI is InChI=1S/C7H17N.3C2H6/c1-6(2)5-7(3)8-4;3*1-2/h6-8H,5H2,1-4H3;3*1-2H3. The van der Waals surface area contributed by atoms with Crippen molar-refractivity contribution in [2.24, 2.45) is 5.92 Å². The Kier molecular flexibility index (Phi) is 49.4. The number of rotatable bonds is 3. The van der Waals surface area contributed by atoms with E-state index < -0.39 is 0 Å². The van der Waals surface area contributed by atoms with Crippen molar-refractivity contribution in [3.8, 4) is 0 Å². The van der Waals surface area contributed by atoms with Crippen molar-refractivity contribution in [3.63, 3.8) is 0 Å². The molecule has 0 aromatic heterocycles. The maximum atomic E-state index is 3.20. The molecule has 0 aliphatic carbocycles. The van der Waals surface area contributed by atoms with E-state index in [0.29, 0.717) is 6.04 Å². The van der Waals surface area contributed by atoms with Gasteiger partial charge in [-0.2, -0.15) is 0 Å². The molecule has 0 aliphatic rings. The van der Waals surface area contributed by atoms with Crippen molar-refractivity contribution >= 4 is 0 Å². The van der Waals surface area contributed by atoms with E-state index in [2.05, 4.69) is 26.1 Å². The van der Waals surface area contributed by atoms with Gasteiger partial charge >= 0.3 is 0 Å². The van der Waals surface area contributed by atoms with E-state index >= 15 is 0 Å². The van der Waals surface area contributed by atoms with Crippen LogP contribution in [0.25, 0.3) is 0 Å². The summed E-state index contributed by atoms with van der Waals surface area (Å²) in [5, 5.41) is 3.20. The summed E-state index contributed by atoms with van der Waals surface area (Å²) in [5.41, 5.74) is 0. The Bertz CT molecular complexity index is 51.2. The molecule has 0 bridgehead atoms. The Morgan fingerprint density at radius 2 is 1.07 bits per heavy atom. The highest BCUT2D eigenvalue weighted by molar-refractivity contribution is 4.58. The van der Waals surface area contributed by atoms with Gasteiger partial charge in [0.2, 0.25) is 0 Å². The largest absolute Gasteiger partial charge is 0.317 e. The normalized spacial score (nSPS) is 9.64. The molecule has 0 spiro atoms. The highest BCUT2D eigenvalue weighted by atomic mass is 14.8. The van der Waals surface area contributed by atoms with Crippen LogP contribution in [0.15, 0.2) is 0 Å². The van der Waals surface area contributed by atoms with Gasteiger partial charge < -0.3 is 5.32 Å². The first-order valence-electron chi connectivity index (χ1n) is 6.34. The predicted octanol–water partition coefficient (Wildman–Crippen LogP) is 4.72. The molecule has 1 nitrogen and oxygen atoms in total. The van der Waals surface area contributed by atoms with Crippen molar-refractivity contribution < 1.29 is 0 Å². The fourth-order valence-electron chi connectivity index (χ4n) is 0.825. The second-order valence-corrected chi connectivity index (χ2v) is 2.82. The van der Waals surface area contributed by atoms with Crippen LogP contribution in [0.5, 0.6) is 0 Å². The third kappa shape index (κ3) is 40.4. The molecular weight excluding hydrogens is 170 g/mol. The first-order valence-corrected chi connectivity index (χ1v) is 6.34. The van der Waals surface area contributed by atoms with E-state index in [1.165, 1.54) is 6.42 Å². The number of nitrogens with one attached hydrogen (secondary N) is 1. The Labute approximate surface area is 93.7 Å². The van der Waals surface area contributed by atoms with E-state index in [-0.39, 0.29) is 0 Å². The van der Waals surface area contributed by atoms with Gasteiger partial charge in [0.1, 0.15) is 0 Å². The average molecular weight is 205 g/mol. The summed E-state index contributed by atoms with van der Waals surface area (Å²) in [6.07, 6.45) is 1.27.